The number of carbonyl (C=O) groups excluding carboxylic acids is 3. The third kappa shape index (κ3) is 4.76. The van der Waals surface area contributed by atoms with Gasteiger partial charge in [0.2, 0.25) is 5.60 Å². The van der Waals surface area contributed by atoms with E-state index in [1.807, 2.05) is 0 Å². The standard InChI is InChI=1S/C35H35FO8S/c1-20(37)43-24-7-11-26(12-8-24)45-25-9-4-21(5-10-25)30(40)44-34(31(41)42)17-15-27-28-13-6-22-18-23(38)14-16-32(22,2)35(28,36)29(39)19-33(27,34)3/h4-5,7-12,14,16,18,27-29,39H,6,13,15,17,19H2,1-3H3,(H,41,42)/t27-,28-,29-,32-,33-,34+,35?/m0/s1. The van der Waals surface area contributed by atoms with Gasteiger partial charge in [0.25, 0.3) is 0 Å². The summed E-state index contributed by atoms with van der Waals surface area (Å²) in [6.45, 7) is 4.74. The average molecular weight is 635 g/mol. The molecule has 45 heavy (non-hydrogen) atoms. The van der Waals surface area contributed by atoms with Crippen LogP contribution < -0.4 is 4.74 Å². The summed E-state index contributed by atoms with van der Waals surface area (Å²) in [4.78, 5) is 51.4. The molecule has 6 rings (SSSR count). The number of benzene rings is 2. The minimum absolute atomic E-state index is 0.000447. The van der Waals surface area contributed by atoms with Gasteiger partial charge in [0.05, 0.1) is 11.7 Å². The largest absolute Gasteiger partial charge is 0.478 e. The summed E-state index contributed by atoms with van der Waals surface area (Å²) in [5, 5.41) is 22.1. The van der Waals surface area contributed by atoms with Gasteiger partial charge in [0.15, 0.2) is 11.5 Å². The molecule has 1 unspecified atom stereocenters. The molecule has 10 heteroatoms. The highest BCUT2D eigenvalue weighted by atomic mass is 32.2. The summed E-state index contributed by atoms with van der Waals surface area (Å²) in [5.74, 6) is -3.45. The highest BCUT2D eigenvalue weighted by molar-refractivity contribution is 7.99. The normalized spacial score (nSPS) is 35.0. The highest BCUT2D eigenvalue weighted by Crippen LogP contribution is 2.70. The Bertz CT molecular complexity index is 1630. The van der Waals surface area contributed by atoms with E-state index >= 15 is 4.39 Å². The van der Waals surface area contributed by atoms with Crippen molar-refractivity contribution in [3.8, 4) is 5.75 Å². The van der Waals surface area contributed by atoms with E-state index < -0.39 is 57.9 Å². The Morgan fingerprint density at radius 1 is 0.978 bits per heavy atom. The van der Waals surface area contributed by atoms with Crippen molar-refractivity contribution in [1.82, 2.24) is 0 Å². The molecule has 2 aromatic rings. The SMILES string of the molecule is CC(=O)Oc1ccc(Sc2ccc(C(=O)O[C@@]3(C(=O)O)CC[C@H]4[C@@H]5CCC6=CC(=O)C=C[C@]6(C)C5(F)[C@@H](O)C[C@@]43C)cc2)cc1. The summed E-state index contributed by atoms with van der Waals surface area (Å²) in [6, 6.07) is 13.6. The first-order valence-electron chi connectivity index (χ1n) is 15.1. The van der Waals surface area contributed by atoms with E-state index in [9.17, 15) is 29.4 Å². The minimum atomic E-state index is -2.11. The molecule has 0 aliphatic heterocycles. The Hall–Kier alpha value is -3.76. The molecule has 4 aliphatic rings. The van der Waals surface area contributed by atoms with Crippen molar-refractivity contribution < 1.29 is 43.3 Å². The number of hydrogen-bond donors (Lipinski definition) is 2. The Labute approximate surface area is 264 Å². The van der Waals surface area contributed by atoms with E-state index in [-0.39, 0.29) is 24.2 Å². The molecular formula is C35H35FO8S. The number of aliphatic hydroxyl groups excluding tert-OH is 1. The molecule has 236 valence electrons. The van der Waals surface area contributed by atoms with E-state index in [0.29, 0.717) is 30.6 Å². The van der Waals surface area contributed by atoms with Gasteiger partial charge < -0.3 is 19.7 Å². The predicted octanol–water partition coefficient (Wildman–Crippen LogP) is 6.11. The van der Waals surface area contributed by atoms with E-state index in [0.717, 1.165) is 9.79 Å². The number of aliphatic carboxylic acids is 1. The number of halogens is 1. The van der Waals surface area contributed by atoms with Crippen LogP contribution in [-0.4, -0.2) is 51.3 Å². The van der Waals surface area contributed by atoms with Gasteiger partial charge in [-0.1, -0.05) is 30.3 Å². The van der Waals surface area contributed by atoms with E-state index in [1.54, 1.807) is 68.5 Å². The Kier molecular flexibility index (Phi) is 7.60. The molecule has 2 aromatic carbocycles. The number of aliphatic hydroxyl groups is 1. The van der Waals surface area contributed by atoms with Crippen LogP contribution in [-0.2, 0) is 19.1 Å². The third-order valence-corrected chi connectivity index (χ3v) is 11.8. The van der Waals surface area contributed by atoms with Gasteiger partial charge in [-0.05, 0) is 106 Å². The number of carboxylic acid groups (broad SMARTS) is 1. The molecule has 0 aromatic heterocycles. The second-order valence-electron chi connectivity index (χ2n) is 13.0. The van der Waals surface area contributed by atoms with Crippen molar-refractivity contribution in [2.24, 2.45) is 22.7 Å². The zero-order chi connectivity index (χ0) is 32.4. The zero-order valence-corrected chi connectivity index (χ0v) is 26.1. The first kappa shape index (κ1) is 31.2. The van der Waals surface area contributed by atoms with E-state index in [2.05, 4.69) is 0 Å². The van der Waals surface area contributed by atoms with Gasteiger partial charge in [-0.25, -0.2) is 14.0 Å². The van der Waals surface area contributed by atoms with Gasteiger partial charge in [-0.2, -0.15) is 0 Å². The summed E-state index contributed by atoms with van der Waals surface area (Å²) < 4.78 is 28.4. The fourth-order valence-electron chi connectivity index (χ4n) is 8.52. The third-order valence-electron chi connectivity index (χ3n) is 10.8. The maximum atomic E-state index is 17.4. The summed E-state index contributed by atoms with van der Waals surface area (Å²) in [7, 11) is 0. The lowest BCUT2D eigenvalue weighted by atomic mass is 9.45. The van der Waals surface area contributed by atoms with Crippen LogP contribution in [0.15, 0.2) is 82.1 Å². The maximum absolute atomic E-state index is 17.4. The second-order valence-corrected chi connectivity index (χ2v) is 14.2. The van der Waals surface area contributed by atoms with Gasteiger partial charge in [0, 0.05) is 33.5 Å². The van der Waals surface area contributed by atoms with Crippen LogP contribution in [0.4, 0.5) is 4.39 Å². The number of hydrogen-bond acceptors (Lipinski definition) is 8. The Balaban J connectivity index is 1.23. The van der Waals surface area contributed by atoms with Crippen LogP contribution in [0.25, 0.3) is 0 Å². The molecule has 0 spiro atoms. The van der Waals surface area contributed by atoms with Crippen LogP contribution >= 0.6 is 11.8 Å². The predicted molar refractivity (Wildman–Crippen MR) is 162 cm³/mol. The summed E-state index contributed by atoms with van der Waals surface area (Å²) in [5.41, 5.74) is -5.67. The number of allylic oxidation sites excluding steroid dienone is 4. The number of carboxylic acids is 1. The van der Waals surface area contributed by atoms with Crippen LogP contribution in [0.5, 0.6) is 5.75 Å². The number of rotatable bonds is 6. The summed E-state index contributed by atoms with van der Waals surface area (Å²) >= 11 is 1.43. The topological polar surface area (TPSA) is 127 Å². The minimum Gasteiger partial charge on any atom is -0.478 e. The lowest BCUT2D eigenvalue weighted by Gasteiger charge is -2.62. The number of fused-ring (bicyclic) bond motifs is 5. The van der Waals surface area contributed by atoms with Crippen molar-refractivity contribution in [3.05, 3.63) is 77.9 Å². The molecular weight excluding hydrogens is 599 g/mol. The van der Waals surface area contributed by atoms with Crippen LogP contribution in [0.2, 0.25) is 0 Å². The molecule has 0 saturated heterocycles. The van der Waals surface area contributed by atoms with Crippen LogP contribution in [0, 0.1) is 22.7 Å². The lowest BCUT2D eigenvalue weighted by Crippen LogP contribution is -2.69. The smallest absolute Gasteiger partial charge is 0.348 e. The number of alkyl halides is 1. The molecule has 2 N–H and O–H groups in total. The molecule has 4 aliphatic carbocycles. The molecule has 0 heterocycles. The number of carbonyl (C=O) groups is 4. The van der Waals surface area contributed by atoms with Crippen molar-refractivity contribution in [2.45, 2.75) is 80.0 Å². The number of ether oxygens (including phenoxy) is 2. The highest BCUT2D eigenvalue weighted by Gasteiger charge is 2.76. The first-order chi connectivity index (χ1) is 21.2. The quantitative estimate of drug-likeness (QED) is 0.286. The van der Waals surface area contributed by atoms with Crippen molar-refractivity contribution in [3.63, 3.8) is 0 Å². The van der Waals surface area contributed by atoms with Crippen molar-refractivity contribution >= 4 is 35.5 Å². The van der Waals surface area contributed by atoms with Crippen LogP contribution in [0.3, 0.4) is 0 Å². The number of esters is 2. The lowest BCUT2D eigenvalue weighted by molar-refractivity contribution is -0.222. The van der Waals surface area contributed by atoms with Crippen molar-refractivity contribution in [2.75, 3.05) is 0 Å². The Morgan fingerprint density at radius 2 is 1.62 bits per heavy atom. The van der Waals surface area contributed by atoms with Crippen LogP contribution in [0.1, 0.15) is 63.2 Å². The molecule has 3 fully saturated rings. The zero-order valence-electron chi connectivity index (χ0n) is 25.2. The van der Waals surface area contributed by atoms with Gasteiger partial charge >= 0.3 is 17.9 Å². The molecule has 3 saturated carbocycles. The maximum Gasteiger partial charge on any atom is 0.348 e. The molecule has 0 amide bonds. The monoisotopic (exact) mass is 634 g/mol. The van der Waals surface area contributed by atoms with E-state index in [1.165, 1.54) is 30.8 Å². The molecule has 8 nitrogen and oxygen atoms in total. The van der Waals surface area contributed by atoms with Gasteiger partial charge in [0.1, 0.15) is 5.75 Å². The van der Waals surface area contributed by atoms with Gasteiger partial charge in [-0.3, -0.25) is 9.59 Å². The fourth-order valence-corrected chi connectivity index (χ4v) is 9.33. The molecule has 0 radical (unpaired) electrons. The summed E-state index contributed by atoms with van der Waals surface area (Å²) in [6.07, 6.45) is 3.75. The first-order valence-corrected chi connectivity index (χ1v) is 15.9. The van der Waals surface area contributed by atoms with E-state index in [4.69, 9.17) is 9.47 Å². The average Bonchev–Trinajstić information content (AvgIpc) is 3.27. The Morgan fingerprint density at radius 3 is 2.24 bits per heavy atom. The number of ketones is 1. The second kappa shape index (κ2) is 10.9. The molecule has 7 atom stereocenters. The van der Waals surface area contributed by atoms with Crippen molar-refractivity contribution in [1.29, 1.82) is 0 Å². The van der Waals surface area contributed by atoms with Gasteiger partial charge in [-0.15, -0.1) is 0 Å². The fraction of sp³-hybridized carbons (Fsp3) is 0.429. The molecule has 0 bridgehead atoms.